The van der Waals surface area contributed by atoms with Gasteiger partial charge in [0.25, 0.3) is 5.91 Å². The van der Waals surface area contributed by atoms with Crippen LogP contribution in [0.25, 0.3) is 11.4 Å². The molecule has 0 aliphatic carbocycles. The quantitative estimate of drug-likeness (QED) is 0.695. The summed E-state index contributed by atoms with van der Waals surface area (Å²) in [6.07, 6.45) is 0.520. The molecule has 25 heavy (non-hydrogen) atoms. The first-order chi connectivity index (χ1) is 12.2. The molecule has 0 saturated heterocycles. The Morgan fingerprint density at radius 1 is 1.24 bits per heavy atom. The molecular formula is C16H15ClN6O2. The fourth-order valence-electron chi connectivity index (χ4n) is 2.07. The fraction of sp³-hybridized carbons (Fsp3) is 0.188. The van der Waals surface area contributed by atoms with E-state index in [1.807, 2.05) is 12.1 Å². The van der Waals surface area contributed by atoms with Gasteiger partial charge < -0.3 is 15.2 Å². The topological polar surface area (TPSA) is 106 Å². The number of amides is 1. The molecule has 3 rings (SSSR count). The van der Waals surface area contributed by atoms with Crippen LogP contribution in [0.3, 0.4) is 0 Å². The molecule has 0 bridgehead atoms. The highest BCUT2D eigenvalue weighted by Crippen LogP contribution is 2.20. The molecule has 0 radical (unpaired) electrons. The Morgan fingerprint density at radius 3 is 2.84 bits per heavy atom. The van der Waals surface area contributed by atoms with Gasteiger partial charge in [0.15, 0.2) is 5.69 Å². The predicted molar refractivity (Wildman–Crippen MR) is 92.4 cm³/mol. The zero-order valence-corrected chi connectivity index (χ0v) is 14.1. The van der Waals surface area contributed by atoms with Crippen molar-refractivity contribution in [2.24, 2.45) is 0 Å². The lowest BCUT2D eigenvalue weighted by molar-refractivity contribution is 0.0957. The number of nitrogens with one attached hydrogen (secondary N) is 2. The monoisotopic (exact) mass is 358 g/mol. The van der Waals surface area contributed by atoms with E-state index in [2.05, 4.69) is 31.0 Å². The van der Waals surface area contributed by atoms with Gasteiger partial charge in [-0.15, -0.1) is 10.2 Å². The van der Waals surface area contributed by atoms with Crippen molar-refractivity contribution >= 4 is 23.3 Å². The molecule has 9 heteroatoms. The maximum atomic E-state index is 11.4. The van der Waals surface area contributed by atoms with Gasteiger partial charge in [0, 0.05) is 30.6 Å². The third-order valence-electron chi connectivity index (χ3n) is 3.32. The van der Waals surface area contributed by atoms with Gasteiger partial charge in [-0.25, -0.2) is 0 Å². The Morgan fingerprint density at radius 2 is 2.12 bits per heavy atom. The maximum absolute atomic E-state index is 11.4. The van der Waals surface area contributed by atoms with Crippen molar-refractivity contribution in [3.05, 3.63) is 53.0 Å². The lowest BCUT2D eigenvalue weighted by atomic mass is 10.2. The van der Waals surface area contributed by atoms with Gasteiger partial charge in [0.1, 0.15) is 5.82 Å². The van der Waals surface area contributed by atoms with Crippen molar-refractivity contribution in [1.29, 1.82) is 0 Å². The molecule has 2 aromatic heterocycles. The summed E-state index contributed by atoms with van der Waals surface area (Å²) in [4.78, 5) is 15.7. The van der Waals surface area contributed by atoms with Crippen molar-refractivity contribution < 1.29 is 9.32 Å². The van der Waals surface area contributed by atoms with Gasteiger partial charge in [0.2, 0.25) is 11.7 Å². The number of benzene rings is 1. The second-order valence-electron chi connectivity index (χ2n) is 5.08. The standard InChI is InChI=1S/C16H15ClN6O2/c1-18-16(24)12-5-6-13(22-21-12)19-8-7-14-20-15(23-25-14)10-3-2-4-11(17)9-10/h2-6,9H,7-8H2,1H3,(H,18,24)(H,19,22). The van der Waals surface area contributed by atoms with Gasteiger partial charge in [-0.05, 0) is 24.3 Å². The van der Waals surface area contributed by atoms with Crippen LogP contribution in [-0.4, -0.2) is 39.8 Å². The highest BCUT2D eigenvalue weighted by molar-refractivity contribution is 6.30. The molecular weight excluding hydrogens is 344 g/mol. The molecule has 0 saturated carbocycles. The lowest BCUT2D eigenvalue weighted by Crippen LogP contribution is -2.20. The average molecular weight is 359 g/mol. The minimum Gasteiger partial charge on any atom is -0.368 e. The second kappa shape index (κ2) is 7.71. The molecule has 0 fully saturated rings. The molecule has 1 aromatic carbocycles. The Hall–Kier alpha value is -3.00. The highest BCUT2D eigenvalue weighted by atomic mass is 35.5. The van der Waals surface area contributed by atoms with Gasteiger partial charge in [-0.3, -0.25) is 4.79 Å². The van der Waals surface area contributed by atoms with Crippen molar-refractivity contribution in [2.75, 3.05) is 18.9 Å². The van der Waals surface area contributed by atoms with Crippen LogP contribution in [0.1, 0.15) is 16.4 Å². The van der Waals surface area contributed by atoms with E-state index < -0.39 is 0 Å². The van der Waals surface area contributed by atoms with Crippen LogP contribution in [0.2, 0.25) is 5.02 Å². The largest absolute Gasteiger partial charge is 0.368 e. The number of aromatic nitrogens is 4. The normalized spacial score (nSPS) is 10.5. The molecule has 2 N–H and O–H groups in total. The van der Waals surface area contributed by atoms with Gasteiger partial charge in [-0.2, -0.15) is 4.98 Å². The summed E-state index contributed by atoms with van der Waals surface area (Å²) in [6.45, 7) is 0.533. The summed E-state index contributed by atoms with van der Waals surface area (Å²) >= 11 is 5.96. The SMILES string of the molecule is CNC(=O)c1ccc(NCCc2nc(-c3cccc(Cl)c3)no2)nn1. The third-order valence-corrected chi connectivity index (χ3v) is 3.56. The van der Waals surface area contributed by atoms with E-state index in [-0.39, 0.29) is 11.6 Å². The van der Waals surface area contributed by atoms with Crippen molar-refractivity contribution in [2.45, 2.75) is 6.42 Å². The summed E-state index contributed by atoms with van der Waals surface area (Å²) in [5, 5.41) is 17.9. The number of nitrogens with zero attached hydrogens (tertiary/aromatic N) is 4. The Kier molecular flexibility index (Phi) is 5.20. The molecule has 0 aliphatic heterocycles. The molecule has 3 aromatic rings. The van der Waals surface area contributed by atoms with Crippen LogP contribution >= 0.6 is 11.6 Å². The summed E-state index contributed by atoms with van der Waals surface area (Å²) in [5.74, 6) is 1.27. The number of carbonyl (C=O) groups excluding carboxylic acids is 1. The molecule has 0 spiro atoms. The zero-order chi connectivity index (χ0) is 17.6. The van der Waals surface area contributed by atoms with Crippen LogP contribution in [0.5, 0.6) is 0 Å². The van der Waals surface area contributed by atoms with E-state index in [1.165, 1.54) is 7.05 Å². The minimum atomic E-state index is -0.279. The second-order valence-corrected chi connectivity index (χ2v) is 5.52. The molecule has 128 valence electrons. The minimum absolute atomic E-state index is 0.260. The molecule has 1 amide bonds. The van der Waals surface area contributed by atoms with Gasteiger partial charge in [0.05, 0.1) is 0 Å². The molecule has 0 unspecified atom stereocenters. The fourth-order valence-corrected chi connectivity index (χ4v) is 2.26. The molecule has 0 atom stereocenters. The number of hydrogen-bond donors (Lipinski definition) is 2. The first-order valence-electron chi connectivity index (χ1n) is 7.54. The zero-order valence-electron chi connectivity index (χ0n) is 13.4. The summed E-state index contributed by atoms with van der Waals surface area (Å²) in [7, 11) is 1.54. The smallest absolute Gasteiger partial charge is 0.271 e. The van der Waals surface area contributed by atoms with Crippen molar-refractivity contribution in [3.8, 4) is 11.4 Å². The highest BCUT2D eigenvalue weighted by Gasteiger charge is 2.09. The maximum Gasteiger partial charge on any atom is 0.271 e. The Labute approximate surface area is 148 Å². The number of halogens is 1. The number of anilines is 1. The van der Waals surface area contributed by atoms with Crippen LogP contribution in [0.4, 0.5) is 5.82 Å². The van der Waals surface area contributed by atoms with E-state index in [9.17, 15) is 4.79 Å². The van der Waals surface area contributed by atoms with Crippen LogP contribution in [0, 0.1) is 0 Å². The van der Waals surface area contributed by atoms with Crippen LogP contribution in [0.15, 0.2) is 40.9 Å². The number of hydrogen-bond acceptors (Lipinski definition) is 7. The molecule has 2 heterocycles. The summed E-state index contributed by atoms with van der Waals surface area (Å²) in [6, 6.07) is 10.5. The first-order valence-corrected chi connectivity index (χ1v) is 7.91. The van der Waals surface area contributed by atoms with Crippen LogP contribution in [-0.2, 0) is 6.42 Å². The molecule has 0 aliphatic rings. The first kappa shape index (κ1) is 16.8. The summed E-state index contributed by atoms with van der Waals surface area (Å²) < 4.78 is 5.23. The summed E-state index contributed by atoms with van der Waals surface area (Å²) in [5.41, 5.74) is 1.06. The number of carbonyl (C=O) groups is 1. The number of rotatable bonds is 6. The average Bonchev–Trinajstić information content (AvgIpc) is 3.11. The van der Waals surface area contributed by atoms with E-state index in [0.717, 1.165) is 5.56 Å². The van der Waals surface area contributed by atoms with E-state index >= 15 is 0 Å². The Bertz CT molecular complexity index is 865. The predicted octanol–water partition coefficient (Wildman–Crippen LogP) is 2.19. The van der Waals surface area contributed by atoms with Crippen molar-refractivity contribution in [3.63, 3.8) is 0 Å². The third kappa shape index (κ3) is 4.30. The van der Waals surface area contributed by atoms with Gasteiger partial charge in [-0.1, -0.05) is 28.9 Å². The van der Waals surface area contributed by atoms with Crippen LogP contribution < -0.4 is 10.6 Å². The van der Waals surface area contributed by atoms with E-state index in [1.54, 1.807) is 24.3 Å². The Balaban J connectivity index is 1.55. The lowest BCUT2D eigenvalue weighted by Gasteiger charge is -2.03. The van der Waals surface area contributed by atoms with E-state index in [0.29, 0.717) is 35.5 Å². The van der Waals surface area contributed by atoms with Gasteiger partial charge >= 0.3 is 0 Å². The van der Waals surface area contributed by atoms with E-state index in [4.69, 9.17) is 16.1 Å². The van der Waals surface area contributed by atoms with Crippen molar-refractivity contribution in [1.82, 2.24) is 25.7 Å². The molecule has 8 nitrogen and oxygen atoms in total.